The van der Waals surface area contributed by atoms with Crippen LogP contribution in [0, 0.1) is 5.92 Å². The van der Waals surface area contributed by atoms with Crippen LogP contribution in [0.3, 0.4) is 0 Å². The van der Waals surface area contributed by atoms with Gasteiger partial charge in [0.1, 0.15) is 11.4 Å². The number of amides is 2. The number of anilines is 1. The first-order chi connectivity index (χ1) is 11.0. The Kier molecular flexibility index (Phi) is 5.60. The zero-order valence-corrected chi connectivity index (χ0v) is 13.6. The molecule has 1 aliphatic carbocycles. The predicted molar refractivity (Wildman–Crippen MR) is 87.1 cm³/mol. The summed E-state index contributed by atoms with van der Waals surface area (Å²) in [4.78, 5) is 23.3. The first-order valence-corrected chi connectivity index (χ1v) is 7.92. The SMILES string of the molecule is CCCO[C@](C)(C(=O)Nc1ccc(OCC(N)=O)cc1)C1CC1. The molecule has 23 heavy (non-hydrogen) atoms. The molecule has 0 radical (unpaired) electrons. The fourth-order valence-electron chi connectivity index (χ4n) is 2.36. The lowest BCUT2D eigenvalue weighted by Gasteiger charge is -2.28. The summed E-state index contributed by atoms with van der Waals surface area (Å²) < 4.78 is 11.0. The molecule has 6 heteroatoms. The second kappa shape index (κ2) is 7.46. The quantitative estimate of drug-likeness (QED) is 0.729. The average molecular weight is 320 g/mol. The number of hydrogen-bond donors (Lipinski definition) is 2. The van der Waals surface area contributed by atoms with Crippen molar-refractivity contribution >= 4 is 17.5 Å². The third-order valence-electron chi connectivity index (χ3n) is 3.91. The van der Waals surface area contributed by atoms with E-state index in [0.717, 1.165) is 19.3 Å². The van der Waals surface area contributed by atoms with Crippen molar-refractivity contribution in [2.45, 2.75) is 38.7 Å². The summed E-state index contributed by atoms with van der Waals surface area (Å²) in [6.45, 7) is 4.28. The Morgan fingerprint density at radius 1 is 1.30 bits per heavy atom. The number of ether oxygens (including phenoxy) is 2. The molecule has 0 aromatic heterocycles. The highest BCUT2D eigenvalue weighted by atomic mass is 16.5. The van der Waals surface area contributed by atoms with Gasteiger partial charge in [0.05, 0.1) is 0 Å². The highest BCUT2D eigenvalue weighted by molar-refractivity contribution is 5.97. The van der Waals surface area contributed by atoms with E-state index in [0.29, 0.717) is 18.0 Å². The number of rotatable bonds is 9. The van der Waals surface area contributed by atoms with Crippen molar-refractivity contribution in [1.82, 2.24) is 0 Å². The Morgan fingerprint density at radius 2 is 1.96 bits per heavy atom. The van der Waals surface area contributed by atoms with Crippen LogP contribution in [0.25, 0.3) is 0 Å². The molecule has 2 amide bonds. The largest absolute Gasteiger partial charge is 0.484 e. The summed E-state index contributed by atoms with van der Waals surface area (Å²) in [6.07, 6.45) is 2.92. The maximum absolute atomic E-state index is 12.6. The maximum Gasteiger partial charge on any atom is 0.256 e. The Morgan fingerprint density at radius 3 is 2.48 bits per heavy atom. The van der Waals surface area contributed by atoms with Crippen molar-refractivity contribution in [2.75, 3.05) is 18.5 Å². The zero-order valence-electron chi connectivity index (χ0n) is 13.6. The van der Waals surface area contributed by atoms with Gasteiger partial charge in [-0.1, -0.05) is 6.92 Å². The van der Waals surface area contributed by atoms with Gasteiger partial charge in [0, 0.05) is 12.3 Å². The lowest BCUT2D eigenvalue weighted by atomic mass is 9.98. The van der Waals surface area contributed by atoms with Gasteiger partial charge in [-0.15, -0.1) is 0 Å². The topological polar surface area (TPSA) is 90.7 Å². The summed E-state index contributed by atoms with van der Waals surface area (Å²) in [5.41, 5.74) is 4.90. The number of benzene rings is 1. The van der Waals surface area contributed by atoms with Crippen molar-refractivity contribution in [3.05, 3.63) is 24.3 Å². The van der Waals surface area contributed by atoms with E-state index in [1.807, 2.05) is 13.8 Å². The van der Waals surface area contributed by atoms with Crippen molar-refractivity contribution in [2.24, 2.45) is 11.7 Å². The van der Waals surface area contributed by atoms with E-state index in [2.05, 4.69) is 5.32 Å². The molecule has 0 saturated heterocycles. The summed E-state index contributed by atoms with van der Waals surface area (Å²) in [5, 5.41) is 2.89. The molecule has 2 rings (SSSR count). The minimum Gasteiger partial charge on any atom is -0.484 e. The summed E-state index contributed by atoms with van der Waals surface area (Å²) in [6, 6.07) is 6.81. The lowest BCUT2D eigenvalue weighted by Crippen LogP contribution is -2.45. The van der Waals surface area contributed by atoms with Gasteiger partial charge in [-0.25, -0.2) is 0 Å². The van der Waals surface area contributed by atoms with Crippen LogP contribution in [0.4, 0.5) is 5.69 Å². The standard InChI is InChI=1S/C17H24N2O4/c1-3-10-23-17(2,12-4-5-12)16(21)19-13-6-8-14(9-7-13)22-11-15(18)20/h6-9,12H,3-5,10-11H2,1-2H3,(H2,18,20)(H,19,21)/t17-/m0/s1. The second-order valence-corrected chi connectivity index (χ2v) is 5.96. The third-order valence-corrected chi connectivity index (χ3v) is 3.91. The lowest BCUT2D eigenvalue weighted by molar-refractivity contribution is -0.142. The third kappa shape index (κ3) is 4.69. The van der Waals surface area contributed by atoms with Crippen LogP contribution in [-0.2, 0) is 14.3 Å². The summed E-state index contributed by atoms with van der Waals surface area (Å²) in [5.74, 6) is 0.149. The molecule has 1 fully saturated rings. The Hall–Kier alpha value is -2.08. The van der Waals surface area contributed by atoms with Crippen molar-refractivity contribution in [3.63, 3.8) is 0 Å². The van der Waals surface area contributed by atoms with Gasteiger partial charge in [-0.3, -0.25) is 9.59 Å². The fourth-order valence-corrected chi connectivity index (χ4v) is 2.36. The summed E-state index contributed by atoms with van der Waals surface area (Å²) >= 11 is 0. The molecule has 1 aromatic carbocycles. The molecule has 0 bridgehead atoms. The smallest absolute Gasteiger partial charge is 0.256 e. The van der Waals surface area contributed by atoms with Gasteiger partial charge < -0.3 is 20.5 Å². The molecule has 1 aromatic rings. The molecule has 1 aliphatic rings. The minimum atomic E-state index is -0.781. The molecule has 1 saturated carbocycles. The first-order valence-electron chi connectivity index (χ1n) is 7.92. The van der Waals surface area contributed by atoms with Gasteiger partial charge >= 0.3 is 0 Å². The van der Waals surface area contributed by atoms with E-state index in [9.17, 15) is 9.59 Å². The zero-order chi connectivity index (χ0) is 16.9. The van der Waals surface area contributed by atoms with Crippen LogP contribution in [-0.4, -0.2) is 30.6 Å². The van der Waals surface area contributed by atoms with Gasteiger partial charge in [0.15, 0.2) is 6.61 Å². The normalized spacial score (nSPS) is 16.4. The number of carbonyl (C=O) groups excluding carboxylic acids is 2. The molecule has 1 atom stereocenters. The van der Waals surface area contributed by atoms with Crippen LogP contribution in [0.2, 0.25) is 0 Å². The van der Waals surface area contributed by atoms with E-state index in [1.165, 1.54) is 0 Å². The monoisotopic (exact) mass is 320 g/mol. The average Bonchev–Trinajstić information content (AvgIpc) is 3.37. The number of nitrogens with one attached hydrogen (secondary N) is 1. The summed E-state index contributed by atoms with van der Waals surface area (Å²) in [7, 11) is 0. The van der Waals surface area contributed by atoms with E-state index < -0.39 is 11.5 Å². The van der Waals surface area contributed by atoms with E-state index >= 15 is 0 Å². The van der Waals surface area contributed by atoms with E-state index in [-0.39, 0.29) is 18.4 Å². The highest BCUT2D eigenvalue weighted by Crippen LogP contribution is 2.42. The predicted octanol–water partition coefficient (Wildman–Crippen LogP) is 2.08. The highest BCUT2D eigenvalue weighted by Gasteiger charge is 2.48. The van der Waals surface area contributed by atoms with Crippen LogP contribution in [0.5, 0.6) is 5.75 Å². The molecule has 3 N–H and O–H groups in total. The first kappa shape index (κ1) is 17.3. The number of carbonyl (C=O) groups is 2. The maximum atomic E-state index is 12.6. The van der Waals surface area contributed by atoms with Gasteiger partial charge in [0.25, 0.3) is 11.8 Å². The van der Waals surface area contributed by atoms with Gasteiger partial charge in [-0.05, 0) is 56.4 Å². The number of primary amides is 1. The van der Waals surface area contributed by atoms with Crippen molar-refractivity contribution in [3.8, 4) is 5.75 Å². The van der Waals surface area contributed by atoms with Gasteiger partial charge in [-0.2, -0.15) is 0 Å². The number of nitrogens with two attached hydrogens (primary N) is 1. The van der Waals surface area contributed by atoms with Crippen molar-refractivity contribution < 1.29 is 19.1 Å². The van der Waals surface area contributed by atoms with E-state index in [4.69, 9.17) is 15.2 Å². The van der Waals surface area contributed by atoms with Crippen molar-refractivity contribution in [1.29, 1.82) is 0 Å². The number of hydrogen-bond acceptors (Lipinski definition) is 4. The van der Waals surface area contributed by atoms with Crippen LogP contribution in [0.1, 0.15) is 33.1 Å². The van der Waals surface area contributed by atoms with Crippen LogP contribution < -0.4 is 15.8 Å². The second-order valence-electron chi connectivity index (χ2n) is 5.96. The Labute approximate surface area is 136 Å². The van der Waals surface area contributed by atoms with Crippen LogP contribution >= 0.6 is 0 Å². The molecule has 0 spiro atoms. The van der Waals surface area contributed by atoms with Crippen LogP contribution in [0.15, 0.2) is 24.3 Å². The molecular weight excluding hydrogens is 296 g/mol. The molecule has 0 unspecified atom stereocenters. The fraction of sp³-hybridized carbons (Fsp3) is 0.529. The molecule has 6 nitrogen and oxygen atoms in total. The Bertz CT molecular complexity index is 554. The minimum absolute atomic E-state index is 0.126. The molecule has 126 valence electrons. The Balaban J connectivity index is 1.96. The molecule has 0 heterocycles. The molecular formula is C17H24N2O4. The van der Waals surface area contributed by atoms with Gasteiger partial charge in [0.2, 0.25) is 0 Å². The van der Waals surface area contributed by atoms with E-state index in [1.54, 1.807) is 24.3 Å². The molecule has 0 aliphatic heterocycles.